The fourth-order valence-electron chi connectivity index (χ4n) is 4.30. The summed E-state index contributed by atoms with van der Waals surface area (Å²) in [6.45, 7) is 4.44. The van der Waals surface area contributed by atoms with Crippen LogP contribution in [-0.2, 0) is 19.5 Å². The monoisotopic (exact) mass is 380 g/mol. The summed E-state index contributed by atoms with van der Waals surface area (Å²) in [6, 6.07) is 8.69. The number of aromatic nitrogens is 2. The summed E-state index contributed by atoms with van der Waals surface area (Å²) in [5.41, 5.74) is 4.55. The molecular formula is C21H24N4OS. The number of nitrogens with zero attached hydrogens (tertiary/aromatic N) is 4. The molecule has 0 bridgehead atoms. The third kappa shape index (κ3) is 3.17. The van der Waals surface area contributed by atoms with E-state index in [0.29, 0.717) is 5.69 Å². The minimum atomic E-state index is 0.109. The number of rotatable bonds is 3. The average molecular weight is 381 g/mol. The van der Waals surface area contributed by atoms with Crippen LogP contribution in [0.15, 0.2) is 35.8 Å². The van der Waals surface area contributed by atoms with Crippen molar-refractivity contribution in [1.82, 2.24) is 19.2 Å². The zero-order chi connectivity index (χ0) is 18.2. The molecule has 1 fully saturated rings. The van der Waals surface area contributed by atoms with Gasteiger partial charge in [-0.2, -0.15) is 0 Å². The molecule has 6 heteroatoms. The number of benzene rings is 1. The second-order valence-electron chi connectivity index (χ2n) is 7.54. The van der Waals surface area contributed by atoms with Crippen LogP contribution < -0.4 is 0 Å². The lowest BCUT2D eigenvalue weighted by Crippen LogP contribution is -2.37. The molecular weight excluding hydrogens is 356 g/mol. The van der Waals surface area contributed by atoms with Gasteiger partial charge in [-0.1, -0.05) is 24.3 Å². The standard InChI is InChI=1S/C21H24N4OS/c26-20(24-9-4-1-5-10-24)19-18(25-12-13-27-21(25)22-19)15-23-11-8-16-6-2-3-7-17(16)14-23/h2-3,6-7,12-13H,1,4-5,8-11,14-15H2. The van der Waals surface area contributed by atoms with Crippen LogP contribution in [0.4, 0.5) is 0 Å². The van der Waals surface area contributed by atoms with Gasteiger partial charge in [0.05, 0.1) is 5.69 Å². The van der Waals surface area contributed by atoms with Crippen LogP contribution in [0.2, 0.25) is 0 Å². The van der Waals surface area contributed by atoms with E-state index in [2.05, 4.69) is 33.6 Å². The van der Waals surface area contributed by atoms with E-state index in [9.17, 15) is 4.79 Å². The summed E-state index contributed by atoms with van der Waals surface area (Å²) in [6.07, 6.45) is 6.55. The molecule has 0 aliphatic carbocycles. The maximum Gasteiger partial charge on any atom is 0.274 e. The van der Waals surface area contributed by atoms with Crippen LogP contribution in [0, 0.1) is 0 Å². The molecule has 0 spiro atoms. The van der Waals surface area contributed by atoms with E-state index in [1.165, 1.54) is 17.5 Å². The summed E-state index contributed by atoms with van der Waals surface area (Å²) in [5, 5.41) is 2.05. The molecule has 0 N–H and O–H groups in total. The lowest BCUT2D eigenvalue weighted by atomic mass is 10.00. The first kappa shape index (κ1) is 17.0. The van der Waals surface area contributed by atoms with Crippen LogP contribution in [0.25, 0.3) is 4.96 Å². The molecule has 0 saturated carbocycles. The SMILES string of the molecule is O=C(c1nc2sccn2c1CN1CCc2ccccc2C1)N1CCCCC1. The minimum Gasteiger partial charge on any atom is -0.337 e. The second kappa shape index (κ2) is 7.09. The lowest BCUT2D eigenvalue weighted by molar-refractivity contribution is 0.0716. The van der Waals surface area contributed by atoms with Crippen molar-refractivity contribution in [3.63, 3.8) is 0 Å². The van der Waals surface area contributed by atoms with Gasteiger partial charge in [-0.3, -0.25) is 14.1 Å². The van der Waals surface area contributed by atoms with Gasteiger partial charge in [-0.05, 0) is 36.8 Å². The van der Waals surface area contributed by atoms with Crippen molar-refractivity contribution in [3.8, 4) is 0 Å². The van der Waals surface area contributed by atoms with E-state index >= 15 is 0 Å². The average Bonchev–Trinajstić information content (AvgIpc) is 3.31. The Bertz CT molecular complexity index is 970. The predicted octanol–water partition coefficient (Wildman–Crippen LogP) is 3.58. The highest BCUT2D eigenvalue weighted by atomic mass is 32.1. The van der Waals surface area contributed by atoms with Crippen LogP contribution in [0.5, 0.6) is 0 Å². The van der Waals surface area contributed by atoms with E-state index in [1.54, 1.807) is 11.3 Å². The molecule has 1 saturated heterocycles. The fraction of sp³-hybridized carbons (Fsp3) is 0.429. The molecule has 4 heterocycles. The molecule has 5 nitrogen and oxygen atoms in total. The summed E-state index contributed by atoms with van der Waals surface area (Å²) in [5.74, 6) is 0.109. The van der Waals surface area contributed by atoms with E-state index in [1.807, 2.05) is 16.5 Å². The van der Waals surface area contributed by atoms with Crippen LogP contribution >= 0.6 is 11.3 Å². The maximum atomic E-state index is 13.2. The molecule has 1 aromatic carbocycles. The van der Waals surface area contributed by atoms with Gasteiger partial charge < -0.3 is 4.90 Å². The van der Waals surface area contributed by atoms with E-state index in [0.717, 1.165) is 62.6 Å². The number of fused-ring (bicyclic) bond motifs is 2. The molecule has 0 atom stereocenters. The van der Waals surface area contributed by atoms with Gasteiger partial charge in [-0.25, -0.2) is 4.98 Å². The first-order valence-corrected chi connectivity index (χ1v) is 10.7. The number of likely N-dealkylation sites (tertiary alicyclic amines) is 1. The quantitative estimate of drug-likeness (QED) is 0.697. The topological polar surface area (TPSA) is 40.9 Å². The van der Waals surface area contributed by atoms with Crippen LogP contribution in [0.3, 0.4) is 0 Å². The van der Waals surface area contributed by atoms with E-state index < -0.39 is 0 Å². The molecule has 5 rings (SSSR count). The number of amides is 1. The van der Waals surface area contributed by atoms with Crippen molar-refractivity contribution in [2.24, 2.45) is 0 Å². The van der Waals surface area contributed by atoms with Crippen molar-refractivity contribution in [2.75, 3.05) is 19.6 Å². The third-order valence-electron chi connectivity index (χ3n) is 5.79. The van der Waals surface area contributed by atoms with Gasteiger partial charge in [0, 0.05) is 44.3 Å². The summed E-state index contributed by atoms with van der Waals surface area (Å²) >= 11 is 1.60. The number of piperidine rings is 1. The van der Waals surface area contributed by atoms with E-state index in [-0.39, 0.29) is 5.91 Å². The number of carbonyl (C=O) groups excluding carboxylic acids is 1. The van der Waals surface area contributed by atoms with Gasteiger partial charge in [0.1, 0.15) is 0 Å². The minimum absolute atomic E-state index is 0.109. The van der Waals surface area contributed by atoms with Crippen molar-refractivity contribution in [2.45, 2.75) is 38.8 Å². The molecule has 2 aliphatic heterocycles. The summed E-state index contributed by atoms with van der Waals surface area (Å²) in [4.78, 5) is 23.2. The van der Waals surface area contributed by atoms with Gasteiger partial charge in [0.2, 0.25) is 0 Å². The highest BCUT2D eigenvalue weighted by molar-refractivity contribution is 7.15. The molecule has 2 aliphatic rings. The zero-order valence-electron chi connectivity index (χ0n) is 15.4. The molecule has 1 amide bonds. The Kier molecular flexibility index (Phi) is 4.45. The van der Waals surface area contributed by atoms with Crippen LogP contribution in [-0.4, -0.2) is 44.7 Å². The largest absolute Gasteiger partial charge is 0.337 e. The maximum absolute atomic E-state index is 13.2. The Balaban J connectivity index is 1.44. The smallest absolute Gasteiger partial charge is 0.274 e. The summed E-state index contributed by atoms with van der Waals surface area (Å²) < 4.78 is 2.11. The van der Waals surface area contributed by atoms with Crippen molar-refractivity contribution >= 4 is 22.2 Å². The molecule has 27 heavy (non-hydrogen) atoms. The first-order valence-electron chi connectivity index (χ1n) is 9.82. The molecule has 3 aromatic rings. The van der Waals surface area contributed by atoms with Gasteiger partial charge in [0.15, 0.2) is 10.7 Å². The van der Waals surface area contributed by atoms with E-state index in [4.69, 9.17) is 4.98 Å². The van der Waals surface area contributed by atoms with Crippen molar-refractivity contribution < 1.29 is 4.79 Å². The number of hydrogen-bond acceptors (Lipinski definition) is 4. The number of thiazole rings is 1. The van der Waals surface area contributed by atoms with Crippen molar-refractivity contribution in [3.05, 3.63) is 58.4 Å². The molecule has 0 unspecified atom stereocenters. The highest BCUT2D eigenvalue weighted by Gasteiger charge is 2.27. The molecule has 2 aromatic heterocycles. The second-order valence-corrected chi connectivity index (χ2v) is 8.42. The predicted molar refractivity (Wildman–Crippen MR) is 107 cm³/mol. The van der Waals surface area contributed by atoms with Crippen molar-refractivity contribution in [1.29, 1.82) is 0 Å². The lowest BCUT2D eigenvalue weighted by Gasteiger charge is -2.29. The molecule has 0 radical (unpaired) electrons. The number of carbonyl (C=O) groups is 1. The van der Waals surface area contributed by atoms with Gasteiger partial charge in [-0.15, -0.1) is 11.3 Å². The van der Waals surface area contributed by atoms with Crippen LogP contribution in [0.1, 0.15) is 46.6 Å². The zero-order valence-corrected chi connectivity index (χ0v) is 16.2. The highest BCUT2D eigenvalue weighted by Crippen LogP contribution is 2.25. The Labute approximate surface area is 163 Å². The molecule has 140 valence electrons. The Hall–Kier alpha value is -2.18. The first-order chi connectivity index (χ1) is 13.3. The normalized spacial score (nSPS) is 18.0. The number of imidazole rings is 1. The Morgan fingerprint density at radius 1 is 1.07 bits per heavy atom. The third-order valence-corrected chi connectivity index (χ3v) is 6.55. The fourth-order valence-corrected chi connectivity index (χ4v) is 5.04. The Morgan fingerprint density at radius 2 is 1.89 bits per heavy atom. The Morgan fingerprint density at radius 3 is 2.74 bits per heavy atom. The summed E-state index contributed by atoms with van der Waals surface area (Å²) in [7, 11) is 0. The van der Waals surface area contributed by atoms with Gasteiger partial charge >= 0.3 is 0 Å². The van der Waals surface area contributed by atoms with Gasteiger partial charge in [0.25, 0.3) is 5.91 Å². The number of hydrogen-bond donors (Lipinski definition) is 0.